The molecule has 0 aliphatic rings. The van der Waals surface area contributed by atoms with Gasteiger partial charge in [-0.15, -0.1) is 0 Å². The molecule has 0 saturated carbocycles. The van der Waals surface area contributed by atoms with Crippen molar-refractivity contribution in [2.24, 2.45) is 7.05 Å². The van der Waals surface area contributed by atoms with Crippen LogP contribution in [-0.2, 0) is 11.8 Å². The number of amides is 2. The first-order chi connectivity index (χ1) is 16.9. The molecule has 1 aromatic heterocycles. The second kappa shape index (κ2) is 12.4. The summed E-state index contributed by atoms with van der Waals surface area (Å²) in [5.41, 5.74) is 0.103. The number of hydrogen-bond donors (Lipinski definition) is 3. The van der Waals surface area contributed by atoms with Gasteiger partial charge < -0.3 is 20.3 Å². The number of nitro benzene ring substituents is 1. The van der Waals surface area contributed by atoms with E-state index in [-0.39, 0.29) is 32.7 Å². The van der Waals surface area contributed by atoms with E-state index in [2.05, 4.69) is 15.6 Å². The molecule has 3 aromatic rings. The van der Waals surface area contributed by atoms with Gasteiger partial charge in [0.05, 0.1) is 20.5 Å². The molecule has 0 atom stereocenters. The molecule has 0 bridgehead atoms. The Morgan fingerprint density at radius 3 is 2.31 bits per heavy atom. The zero-order chi connectivity index (χ0) is 27.0. The fraction of sp³-hybridized carbons (Fsp3) is 0.136. The lowest BCUT2D eigenvalue weighted by atomic mass is 10.1. The van der Waals surface area contributed by atoms with E-state index in [1.54, 1.807) is 32.2 Å². The number of aryl methyl sites for hydroxylation is 2. The minimum Gasteiger partial charge on any atom is -0.480 e. The summed E-state index contributed by atoms with van der Waals surface area (Å²) in [6.45, 7) is 1.08. The molecule has 0 radical (unpaired) electrons. The SMILES string of the molecule is Cc1ccc([N+](=O)[O-])cc1C(=O)NCC(=O)O.Cn1ccc(NC(=O)c2c(Cl)cccc2Cl)nc1=O. The predicted octanol–water partition coefficient (Wildman–Crippen LogP) is 3.06. The van der Waals surface area contributed by atoms with E-state index in [1.807, 2.05) is 0 Å². The lowest BCUT2D eigenvalue weighted by Gasteiger charge is -2.07. The molecule has 0 unspecified atom stereocenters. The average Bonchev–Trinajstić information content (AvgIpc) is 2.80. The number of carboxylic acids is 1. The third kappa shape index (κ3) is 7.61. The Morgan fingerprint density at radius 1 is 1.11 bits per heavy atom. The van der Waals surface area contributed by atoms with Gasteiger partial charge in [0.2, 0.25) is 0 Å². The Labute approximate surface area is 213 Å². The van der Waals surface area contributed by atoms with Crippen LogP contribution in [0.2, 0.25) is 10.0 Å². The van der Waals surface area contributed by atoms with Crippen LogP contribution >= 0.6 is 23.2 Å². The molecular formula is C22H19Cl2N5O7. The summed E-state index contributed by atoms with van der Waals surface area (Å²) in [7, 11) is 1.56. The van der Waals surface area contributed by atoms with E-state index in [9.17, 15) is 29.3 Å². The van der Waals surface area contributed by atoms with Crippen LogP contribution in [0.15, 0.2) is 53.5 Å². The second-order valence-corrected chi connectivity index (χ2v) is 7.90. The van der Waals surface area contributed by atoms with E-state index in [0.717, 1.165) is 6.07 Å². The van der Waals surface area contributed by atoms with Gasteiger partial charge in [-0.2, -0.15) is 4.98 Å². The van der Waals surface area contributed by atoms with Crippen molar-refractivity contribution in [2.75, 3.05) is 11.9 Å². The molecule has 0 aliphatic carbocycles. The number of aliphatic carboxylic acids is 1. The van der Waals surface area contributed by atoms with Crippen molar-refractivity contribution >= 4 is 52.5 Å². The third-order valence-corrected chi connectivity index (χ3v) is 5.11. The maximum absolute atomic E-state index is 12.0. The zero-order valence-corrected chi connectivity index (χ0v) is 20.3. The number of nitro groups is 1. The van der Waals surface area contributed by atoms with Crippen molar-refractivity contribution < 1.29 is 24.4 Å². The summed E-state index contributed by atoms with van der Waals surface area (Å²) < 4.78 is 1.29. The Balaban J connectivity index is 0.000000255. The summed E-state index contributed by atoms with van der Waals surface area (Å²) in [5, 5.41) is 24.0. The quantitative estimate of drug-likeness (QED) is 0.318. The highest BCUT2D eigenvalue weighted by molar-refractivity contribution is 6.40. The van der Waals surface area contributed by atoms with Gasteiger partial charge in [0.1, 0.15) is 12.4 Å². The van der Waals surface area contributed by atoms with Crippen LogP contribution in [0.1, 0.15) is 26.3 Å². The summed E-state index contributed by atoms with van der Waals surface area (Å²) in [4.78, 5) is 58.8. The molecule has 12 nitrogen and oxygen atoms in total. The van der Waals surface area contributed by atoms with Gasteiger partial charge in [-0.1, -0.05) is 35.3 Å². The van der Waals surface area contributed by atoms with E-state index < -0.39 is 34.9 Å². The molecule has 36 heavy (non-hydrogen) atoms. The first-order valence-electron chi connectivity index (χ1n) is 9.94. The topological polar surface area (TPSA) is 174 Å². The van der Waals surface area contributed by atoms with Gasteiger partial charge in [0.25, 0.3) is 17.5 Å². The van der Waals surface area contributed by atoms with Gasteiger partial charge in [-0.3, -0.25) is 24.5 Å². The van der Waals surface area contributed by atoms with E-state index >= 15 is 0 Å². The molecule has 2 amide bonds. The number of benzene rings is 2. The zero-order valence-electron chi connectivity index (χ0n) is 18.8. The van der Waals surface area contributed by atoms with E-state index in [1.165, 1.54) is 29.0 Å². The van der Waals surface area contributed by atoms with Gasteiger partial charge in [0, 0.05) is 30.9 Å². The summed E-state index contributed by atoms with van der Waals surface area (Å²) in [6, 6.07) is 10.1. The minimum atomic E-state index is -1.18. The highest BCUT2D eigenvalue weighted by atomic mass is 35.5. The Hall–Kier alpha value is -4.29. The number of rotatable bonds is 6. The summed E-state index contributed by atoms with van der Waals surface area (Å²) in [6.07, 6.45) is 1.50. The molecule has 188 valence electrons. The highest BCUT2D eigenvalue weighted by Gasteiger charge is 2.16. The fourth-order valence-corrected chi connectivity index (χ4v) is 3.22. The van der Waals surface area contributed by atoms with Crippen molar-refractivity contribution in [3.8, 4) is 0 Å². The van der Waals surface area contributed by atoms with Gasteiger partial charge in [-0.25, -0.2) is 4.79 Å². The van der Waals surface area contributed by atoms with Crippen LogP contribution in [0.3, 0.4) is 0 Å². The van der Waals surface area contributed by atoms with Crippen molar-refractivity contribution in [3.63, 3.8) is 0 Å². The average molecular weight is 536 g/mol. The molecule has 1 heterocycles. The number of carboxylic acid groups (broad SMARTS) is 1. The van der Waals surface area contributed by atoms with E-state index in [0.29, 0.717) is 5.56 Å². The first kappa shape index (κ1) is 28.0. The maximum Gasteiger partial charge on any atom is 0.349 e. The second-order valence-electron chi connectivity index (χ2n) is 7.09. The van der Waals surface area contributed by atoms with Gasteiger partial charge in [0.15, 0.2) is 0 Å². The largest absolute Gasteiger partial charge is 0.480 e. The Kier molecular flexibility index (Phi) is 9.65. The van der Waals surface area contributed by atoms with Gasteiger partial charge >= 0.3 is 11.7 Å². The van der Waals surface area contributed by atoms with Crippen LogP contribution in [0.5, 0.6) is 0 Å². The normalized spacial score (nSPS) is 10.0. The van der Waals surface area contributed by atoms with Gasteiger partial charge in [-0.05, 0) is 30.7 Å². The minimum absolute atomic E-state index is 0.0976. The smallest absolute Gasteiger partial charge is 0.349 e. The third-order valence-electron chi connectivity index (χ3n) is 4.48. The van der Waals surface area contributed by atoms with Crippen LogP contribution < -0.4 is 16.3 Å². The first-order valence-corrected chi connectivity index (χ1v) is 10.7. The lowest BCUT2D eigenvalue weighted by Crippen LogP contribution is -2.29. The highest BCUT2D eigenvalue weighted by Crippen LogP contribution is 2.24. The monoisotopic (exact) mass is 535 g/mol. The van der Waals surface area contributed by atoms with Crippen molar-refractivity contribution in [1.82, 2.24) is 14.9 Å². The number of hydrogen-bond acceptors (Lipinski definition) is 7. The van der Waals surface area contributed by atoms with Crippen molar-refractivity contribution in [3.05, 3.63) is 96.0 Å². The molecule has 14 heteroatoms. The molecule has 0 fully saturated rings. The number of carbonyl (C=O) groups is 3. The molecule has 3 N–H and O–H groups in total. The number of carbonyl (C=O) groups excluding carboxylic acids is 2. The molecule has 2 aromatic carbocycles. The predicted molar refractivity (Wildman–Crippen MR) is 132 cm³/mol. The number of non-ortho nitro benzene ring substituents is 1. The van der Waals surface area contributed by atoms with E-state index in [4.69, 9.17) is 28.3 Å². The maximum atomic E-state index is 12.0. The Bertz CT molecular complexity index is 1370. The van der Waals surface area contributed by atoms with Crippen LogP contribution in [0, 0.1) is 17.0 Å². The number of halogens is 2. The standard InChI is InChI=1S/C12H9Cl2N3O2.C10H10N2O5/c1-17-6-5-9(16-12(17)19)15-11(18)10-7(13)3-2-4-8(10)14;1-6-2-3-7(12(16)17)4-8(6)10(15)11-5-9(13)14/h2-6H,1H3,(H,15,16,18,19);2-4H,5H2,1H3,(H,11,15)(H,13,14). The molecule has 3 rings (SSSR count). The van der Waals surface area contributed by atoms with Crippen LogP contribution in [0.25, 0.3) is 0 Å². The van der Waals surface area contributed by atoms with Crippen molar-refractivity contribution in [1.29, 1.82) is 0 Å². The fourth-order valence-electron chi connectivity index (χ4n) is 2.65. The summed E-state index contributed by atoms with van der Waals surface area (Å²) >= 11 is 11.8. The molecule has 0 aliphatic heterocycles. The van der Waals surface area contributed by atoms with Crippen LogP contribution in [-0.4, -0.2) is 43.9 Å². The number of nitrogens with zero attached hydrogens (tertiary/aromatic N) is 3. The Morgan fingerprint density at radius 2 is 1.75 bits per heavy atom. The van der Waals surface area contributed by atoms with Crippen LogP contribution in [0.4, 0.5) is 11.5 Å². The summed E-state index contributed by atoms with van der Waals surface area (Å²) in [5.74, 6) is -2.20. The number of anilines is 1. The number of aromatic nitrogens is 2. The number of nitrogens with one attached hydrogen (secondary N) is 2. The molecular weight excluding hydrogens is 517 g/mol. The lowest BCUT2D eigenvalue weighted by molar-refractivity contribution is -0.384. The molecule has 0 saturated heterocycles. The van der Waals surface area contributed by atoms with Crippen molar-refractivity contribution in [2.45, 2.75) is 6.92 Å². The molecule has 0 spiro atoms.